The van der Waals surface area contributed by atoms with Crippen LogP contribution in [0.5, 0.6) is 5.75 Å². The molecule has 0 spiro atoms. The highest BCUT2D eigenvalue weighted by atomic mass is 32.2. The molecule has 2 aliphatic rings. The number of aliphatic hydroxyl groups is 4. The summed E-state index contributed by atoms with van der Waals surface area (Å²) >= 11 is 0. The Labute approximate surface area is 218 Å². The molecule has 204 valence electrons. The maximum absolute atomic E-state index is 13.9. The van der Waals surface area contributed by atoms with Crippen LogP contribution in [0.3, 0.4) is 0 Å². The number of rotatable bonds is 8. The lowest BCUT2D eigenvalue weighted by Crippen LogP contribution is -2.60. The number of benzene rings is 2. The van der Waals surface area contributed by atoms with Crippen LogP contribution < -0.4 is 4.74 Å². The minimum Gasteiger partial charge on any atom is -0.462 e. The van der Waals surface area contributed by atoms with Crippen molar-refractivity contribution in [3.8, 4) is 5.75 Å². The van der Waals surface area contributed by atoms with Crippen molar-refractivity contribution in [2.45, 2.75) is 87.5 Å². The van der Waals surface area contributed by atoms with E-state index in [1.54, 1.807) is 12.1 Å². The van der Waals surface area contributed by atoms with E-state index in [-0.39, 0.29) is 27.7 Å². The van der Waals surface area contributed by atoms with Gasteiger partial charge in [0.05, 0.1) is 17.3 Å². The fourth-order valence-electron chi connectivity index (χ4n) is 5.66. The van der Waals surface area contributed by atoms with E-state index in [0.29, 0.717) is 12.0 Å². The molecule has 2 heterocycles. The first-order chi connectivity index (χ1) is 17.6. The highest BCUT2D eigenvalue weighted by Gasteiger charge is 2.45. The van der Waals surface area contributed by atoms with Gasteiger partial charge in [-0.05, 0) is 47.9 Å². The van der Waals surface area contributed by atoms with Gasteiger partial charge >= 0.3 is 0 Å². The zero-order valence-electron chi connectivity index (χ0n) is 21.4. The summed E-state index contributed by atoms with van der Waals surface area (Å²) in [5.74, 6) is 0.0682. The van der Waals surface area contributed by atoms with Crippen molar-refractivity contribution in [3.05, 3.63) is 59.7 Å². The molecule has 0 aromatic heterocycles. The van der Waals surface area contributed by atoms with Crippen molar-refractivity contribution >= 4 is 9.84 Å². The monoisotopic (exact) mass is 534 g/mol. The largest absolute Gasteiger partial charge is 0.462 e. The Hall–Kier alpha value is -2.01. The van der Waals surface area contributed by atoms with Gasteiger partial charge in [0.25, 0.3) is 0 Å². The standard InChI is InChI=1S/C28H38O8S/c1-3-5-13-28(4-2)15-21(18-9-7-6-8-10-18)20-12-11-19(14-23(20)37(33,34)17-28)35-27-26(32)25(31)24(30)22(16-29)36-27/h6-12,14,21-22,24-27,29-32H,3-5,13,15-17H2,1-2H3/t21?,22-,24-,25+,26-,27-,28?/m1/s1. The lowest BCUT2D eigenvalue weighted by molar-refractivity contribution is -0.277. The molecule has 2 aromatic carbocycles. The van der Waals surface area contributed by atoms with Gasteiger partial charge in [0, 0.05) is 5.92 Å². The first-order valence-corrected chi connectivity index (χ1v) is 14.7. The molecular formula is C28H38O8S. The van der Waals surface area contributed by atoms with Gasteiger partial charge in [-0.2, -0.15) is 0 Å². The zero-order chi connectivity index (χ0) is 26.8. The maximum atomic E-state index is 13.9. The van der Waals surface area contributed by atoms with E-state index >= 15 is 0 Å². The second-order valence-corrected chi connectivity index (χ2v) is 12.4. The van der Waals surface area contributed by atoms with Gasteiger partial charge in [0.1, 0.15) is 30.2 Å². The molecule has 0 bridgehead atoms. The second-order valence-electron chi connectivity index (χ2n) is 10.4. The number of aliphatic hydroxyl groups excluding tert-OH is 4. The Morgan fingerprint density at radius 2 is 1.76 bits per heavy atom. The van der Waals surface area contributed by atoms with Crippen LogP contribution in [0.4, 0.5) is 0 Å². The first-order valence-electron chi connectivity index (χ1n) is 13.0. The lowest BCUT2D eigenvalue weighted by Gasteiger charge is -2.39. The highest BCUT2D eigenvalue weighted by Crippen LogP contribution is 2.49. The molecule has 1 fully saturated rings. The minimum absolute atomic E-state index is 0.0380. The molecule has 0 radical (unpaired) electrons. The van der Waals surface area contributed by atoms with E-state index in [2.05, 4.69) is 13.8 Å². The van der Waals surface area contributed by atoms with Gasteiger partial charge < -0.3 is 29.9 Å². The summed E-state index contributed by atoms with van der Waals surface area (Å²) in [5, 5.41) is 40.0. The normalized spacial score (nSPS) is 33.4. The molecule has 7 atom stereocenters. The molecule has 2 aliphatic heterocycles. The Morgan fingerprint density at radius 1 is 1.03 bits per heavy atom. The van der Waals surface area contributed by atoms with E-state index in [9.17, 15) is 28.8 Å². The van der Waals surface area contributed by atoms with E-state index in [4.69, 9.17) is 9.47 Å². The van der Waals surface area contributed by atoms with Crippen molar-refractivity contribution in [3.63, 3.8) is 0 Å². The van der Waals surface area contributed by atoms with Crippen LogP contribution in [0, 0.1) is 5.41 Å². The third kappa shape index (κ3) is 5.72. The van der Waals surface area contributed by atoms with Gasteiger partial charge in [-0.1, -0.05) is 63.1 Å². The number of hydrogen-bond donors (Lipinski definition) is 4. The predicted octanol–water partition coefficient (Wildman–Crippen LogP) is 2.76. The van der Waals surface area contributed by atoms with Crippen LogP contribution >= 0.6 is 0 Å². The maximum Gasteiger partial charge on any atom is 0.229 e. The molecule has 0 amide bonds. The van der Waals surface area contributed by atoms with Crippen molar-refractivity contribution < 1.29 is 38.3 Å². The van der Waals surface area contributed by atoms with Crippen molar-refractivity contribution in [2.75, 3.05) is 12.4 Å². The van der Waals surface area contributed by atoms with E-state index < -0.39 is 47.2 Å². The number of fused-ring (bicyclic) bond motifs is 1. The third-order valence-electron chi connectivity index (χ3n) is 7.94. The molecule has 0 saturated carbocycles. The minimum atomic E-state index is -3.69. The van der Waals surface area contributed by atoms with Crippen molar-refractivity contribution in [2.24, 2.45) is 5.41 Å². The lowest BCUT2D eigenvalue weighted by atomic mass is 9.71. The molecule has 2 unspecified atom stereocenters. The number of unbranched alkanes of at least 4 members (excludes halogenated alkanes) is 1. The summed E-state index contributed by atoms with van der Waals surface area (Å²) in [6.07, 6.45) is -2.99. The van der Waals surface area contributed by atoms with Crippen LogP contribution in [0.15, 0.2) is 53.4 Å². The second kappa shape index (κ2) is 11.4. The number of hydrogen-bond acceptors (Lipinski definition) is 8. The molecule has 1 saturated heterocycles. The van der Waals surface area contributed by atoms with Gasteiger partial charge in [-0.3, -0.25) is 0 Å². The Kier molecular flexibility index (Phi) is 8.62. The molecule has 37 heavy (non-hydrogen) atoms. The third-order valence-corrected chi connectivity index (χ3v) is 9.96. The molecule has 9 heteroatoms. The average Bonchev–Trinajstić information content (AvgIpc) is 3.00. The Morgan fingerprint density at radius 3 is 2.41 bits per heavy atom. The van der Waals surface area contributed by atoms with Gasteiger partial charge in [-0.25, -0.2) is 8.42 Å². The van der Waals surface area contributed by atoms with Crippen molar-refractivity contribution in [1.82, 2.24) is 0 Å². The predicted molar refractivity (Wildman–Crippen MR) is 138 cm³/mol. The summed E-state index contributed by atoms with van der Waals surface area (Å²) in [5.41, 5.74) is 1.39. The van der Waals surface area contributed by atoms with Gasteiger partial charge in [0.2, 0.25) is 6.29 Å². The quantitative estimate of drug-likeness (QED) is 0.406. The highest BCUT2D eigenvalue weighted by molar-refractivity contribution is 7.91. The smallest absolute Gasteiger partial charge is 0.229 e. The summed E-state index contributed by atoms with van der Waals surface area (Å²) in [6.45, 7) is 3.59. The van der Waals surface area contributed by atoms with E-state index in [1.165, 1.54) is 6.07 Å². The molecular weight excluding hydrogens is 496 g/mol. The Balaban J connectivity index is 1.75. The van der Waals surface area contributed by atoms with Crippen LogP contribution in [0.2, 0.25) is 0 Å². The van der Waals surface area contributed by atoms with Gasteiger partial charge in [0.15, 0.2) is 9.84 Å². The molecule has 0 aliphatic carbocycles. The summed E-state index contributed by atoms with van der Waals surface area (Å²) < 4.78 is 39.0. The molecule has 8 nitrogen and oxygen atoms in total. The van der Waals surface area contributed by atoms with Gasteiger partial charge in [-0.15, -0.1) is 0 Å². The number of sulfone groups is 1. The van der Waals surface area contributed by atoms with Crippen LogP contribution in [-0.4, -0.2) is 71.9 Å². The van der Waals surface area contributed by atoms with Crippen LogP contribution in [0.1, 0.15) is 63.0 Å². The topological polar surface area (TPSA) is 134 Å². The summed E-state index contributed by atoms with van der Waals surface area (Å²) in [6, 6.07) is 14.8. The van der Waals surface area contributed by atoms with Crippen LogP contribution in [-0.2, 0) is 14.6 Å². The Bertz CT molecular complexity index is 1150. The van der Waals surface area contributed by atoms with Crippen molar-refractivity contribution in [1.29, 1.82) is 0 Å². The SMILES string of the molecule is CCCCC1(CC)CC(c2ccccc2)c2ccc(O[C@@H]3O[C@H](CO)[C@@H](O)[C@H](O)[C@H]3O)cc2S(=O)(=O)C1. The average molecular weight is 535 g/mol. The summed E-state index contributed by atoms with van der Waals surface area (Å²) in [7, 11) is -3.69. The van der Waals surface area contributed by atoms with E-state index in [1.807, 2.05) is 30.3 Å². The molecule has 4 rings (SSSR count). The molecule has 4 N–H and O–H groups in total. The summed E-state index contributed by atoms with van der Waals surface area (Å²) in [4.78, 5) is 0.190. The van der Waals surface area contributed by atoms with E-state index in [0.717, 1.165) is 31.2 Å². The molecule has 2 aromatic rings. The zero-order valence-corrected chi connectivity index (χ0v) is 22.2. The fourth-order valence-corrected chi connectivity index (χ4v) is 7.95. The first kappa shape index (κ1) is 28.0. The number of ether oxygens (including phenoxy) is 2. The van der Waals surface area contributed by atoms with Crippen LogP contribution in [0.25, 0.3) is 0 Å². The fraction of sp³-hybridized carbons (Fsp3) is 0.571.